The van der Waals surface area contributed by atoms with Gasteiger partial charge in [0.15, 0.2) is 5.82 Å². The number of fused-ring (bicyclic) bond motifs is 1. The van der Waals surface area contributed by atoms with Crippen LogP contribution in [0.15, 0.2) is 30.6 Å². The summed E-state index contributed by atoms with van der Waals surface area (Å²) in [5.41, 5.74) is 2.22. The summed E-state index contributed by atoms with van der Waals surface area (Å²) in [5, 5.41) is 0. The summed E-state index contributed by atoms with van der Waals surface area (Å²) in [7, 11) is 0. The molecule has 0 spiro atoms. The van der Waals surface area contributed by atoms with Crippen LogP contribution in [0.3, 0.4) is 0 Å². The highest BCUT2D eigenvalue weighted by Crippen LogP contribution is 2.24. The second kappa shape index (κ2) is 6.30. The quantitative estimate of drug-likeness (QED) is 0.869. The molecule has 4 nitrogen and oxygen atoms in total. The molecule has 0 unspecified atom stereocenters. The van der Waals surface area contributed by atoms with Crippen LogP contribution in [0, 0.1) is 11.7 Å². The Morgan fingerprint density at radius 3 is 2.95 bits per heavy atom. The summed E-state index contributed by atoms with van der Waals surface area (Å²) in [6.45, 7) is 6.34. The molecule has 1 aromatic heterocycles. The van der Waals surface area contributed by atoms with Gasteiger partial charge in [0.25, 0.3) is 0 Å². The van der Waals surface area contributed by atoms with Crippen molar-refractivity contribution in [1.82, 2.24) is 9.97 Å². The van der Waals surface area contributed by atoms with Crippen LogP contribution in [0.1, 0.15) is 25.0 Å². The highest BCUT2D eigenvalue weighted by Gasteiger charge is 2.18. The minimum absolute atomic E-state index is 0.170. The molecule has 1 aliphatic rings. The second-order valence-corrected chi connectivity index (χ2v) is 6.00. The molecular formula is C17H20FN3O. The molecule has 2 aromatic rings. The van der Waals surface area contributed by atoms with Gasteiger partial charge in [0.1, 0.15) is 5.82 Å². The molecule has 0 fully saturated rings. The first-order chi connectivity index (χ1) is 10.6. The van der Waals surface area contributed by atoms with E-state index < -0.39 is 0 Å². The van der Waals surface area contributed by atoms with Gasteiger partial charge >= 0.3 is 0 Å². The predicted molar refractivity (Wildman–Crippen MR) is 83.5 cm³/mol. The van der Waals surface area contributed by atoms with E-state index in [1.165, 1.54) is 6.07 Å². The summed E-state index contributed by atoms with van der Waals surface area (Å²) < 4.78 is 18.9. The molecule has 2 heterocycles. The number of hydrogen-bond donors (Lipinski definition) is 0. The molecule has 0 saturated heterocycles. The highest BCUT2D eigenvalue weighted by atomic mass is 19.1. The number of nitrogens with zero attached hydrogens (tertiary/aromatic N) is 3. The maximum absolute atomic E-state index is 13.3. The van der Waals surface area contributed by atoms with E-state index in [1.807, 2.05) is 6.07 Å². The molecular weight excluding hydrogens is 281 g/mol. The van der Waals surface area contributed by atoms with Gasteiger partial charge in [-0.3, -0.25) is 4.98 Å². The third kappa shape index (κ3) is 3.35. The van der Waals surface area contributed by atoms with E-state index in [-0.39, 0.29) is 5.82 Å². The number of anilines is 1. The van der Waals surface area contributed by atoms with Crippen molar-refractivity contribution in [2.75, 3.05) is 18.1 Å². The molecule has 0 radical (unpaired) electrons. The van der Waals surface area contributed by atoms with Crippen LogP contribution < -0.4 is 9.64 Å². The van der Waals surface area contributed by atoms with Gasteiger partial charge in [-0.2, -0.15) is 4.98 Å². The number of hydrogen-bond acceptors (Lipinski definition) is 4. The normalized spacial score (nSPS) is 14.1. The smallest absolute Gasteiger partial charge is 0.234 e. The van der Waals surface area contributed by atoms with Crippen molar-refractivity contribution < 1.29 is 9.13 Å². The molecule has 0 atom stereocenters. The molecule has 0 amide bonds. The Kier molecular flexibility index (Phi) is 4.22. The largest absolute Gasteiger partial charge is 0.476 e. The molecule has 22 heavy (non-hydrogen) atoms. The fraction of sp³-hybridized carbons (Fsp3) is 0.412. The third-order valence-corrected chi connectivity index (χ3v) is 3.67. The zero-order valence-electron chi connectivity index (χ0n) is 12.9. The fourth-order valence-electron chi connectivity index (χ4n) is 2.53. The van der Waals surface area contributed by atoms with Gasteiger partial charge in [0.05, 0.1) is 19.0 Å². The number of benzene rings is 1. The van der Waals surface area contributed by atoms with Gasteiger partial charge in [0.2, 0.25) is 5.88 Å². The molecule has 0 bridgehead atoms. The molecule has 1 aliphatic heterocycles. The van der Waals surface area contributed by atoms with Crippen LogP contribution in [0.2, 0.25) is 0 Å². The molecule has 116 valence electrons. The van der Waals surface area contributed by atoms with Crippen molar-refractivity contribution in [3.63, 3.8) is 0 Å². The van der Waals surface area contributed by atoms with E-state index in [0.717, 1.165) is 36.5 Å². The lowest BCUT2D eigenvalue weighted by atomic mass is 10.00. The summed E-state index contributed by atoms with van der Waals surface area (Å²) >= 11 is 0. The van der Waals surface area contributed by atoms with Crippen molar-refractivity contribution in [3.05, 3.63) is 47.5 Å². The van der Waals surface area contributed by atoms with Crippen LogP contribution in [0.5, 0.6) is 5.88 Å². The minimum Gasteiger partial charge on any atom is -0.476 e. The molecule has 1 aromatic carbocycles. The number of ether oxygens (including phenoxy) is 1. The average molecular weight is 301 g/mol. The Balaban J connectivity index is 1.75. The van der Waals surface area contributed by atoms with Crippen LogP contribution >= 0.6 is 0 Å². The van der Waals surface area contributed by atoms with Crippen molar-refractivity contribution in [2.45, 2.75) is 26.8 Å². The van der Waals surface area contributed by atoms with Gasteiger partial charge in [-0.1, -0.05) is 19.9 Å². The van der Waals surface area contributed by atoms with Crippen LogP contribution in [0.4, 0.5) is 10.2 Å². The highest BCUT2D eigenvalue weighted by molar-refractivity contribution is 5.43. The Bertz CT molecular complexity index is 660. The minimum atomic E-state index is -0.170. The first-order valence-electron chi connectivity index (χ1n) is 7.59. The lowest BCUT2D eigenvalue weighted by Gasteiger charge is -2.29. The predicted octanol–water partition coefficient (Wildman–Crippen LogP) is 3.21. The van der Waals surface area contributed by atoms with Gasteiger partial charge < -0.3 is 9.64 Å². The third-order valence-electron chi connectivity index (χ3n) is 3.67. The van der Waals surface area contributed by atoms with E-state index in [0.29, 0.717) is 18.4 Å². The van der Waals surface area contributed by atoms with Crippen LogP contribution in [0.25, 0.3) is 0 Å². The fourth-order valence-corrected chi connectivity index (χ4v) is 2.53. The van der Waals surface area contributed by atoms with E-state index in [1.54, 1.807) is 18.5 Å². The standard InChI is InChI=1S/C17H20FN3O/c1-12(2)11-22-17-9-19-8-16(20-17)21-6-5-13-7-15(18)4-3-14(13)10-21/h3-4,7-9,12H,5-6,10-11H2,1-2H3. The SMILES string of the molecule is CC(C)COc1cncc(N2CCc3cc(F)ccc3C2)n1. The van der Waals surface area contributed by atoms with E-state index in [9.17, 15) is 4.39 Å². The van der Waals surface area contributed by atoms with Crippen molar-refractivity contribution >= 4 is 5.82 Å². The Morgan fingerprint density at radius 1 is 1.27 bits per heavy atom. The van der Waals surface area contributed by atoms with E-state index in [4.69, 9.17) is 4.74 Å². The summed E-state index contributed by atoms with van der Waals surface area (Å²) in [4.78, 5) is 10.9. The Labute approximate surface area is 130 Å². The molecule has 3 rings (SSSR count). The zero-order chi connectivity index (χ0) is 15.5. The number of rotatable bonds is 4. The van der Waals surface area contributed by atoms with E-state index >= 15 is 0 Å². The van der Waals surface area contributed by atoms with Gasteiger partial charge in [-0.05, 0) is 35.6 Å². The Morgan fingerprint density at radius 2 is 2.14 bits per heavy atom. The molecule has 5 heteroatoms. The molecule has 0 saturated carbocycles. The van der Waals surface area contributed by atoms with Crippen molar-refractivity contribution in [2.24, 2.45) is 5.92 Å². The Hall–Kier alpha value is -2.17. The van der Waals surface area contributed by atoms with Gasteiger partial charge in [-0.25, -0.2) is 4.39 Å². The van der Waals surface area contributed by atoms with Crippen molar-refractivity contribution in [1.29, 1.82) is 0 Å². The number of aromatic nitrogens is 2. The summed E-state index contributed by atoms with van der Waals surface area (Å²) in [6.07, 6.45) is 4.20. The van der Waals surface area contributed by atoms with Crippen LogP contribution in [-0.2, 0) is 13.0 Å². The molecule has 0 aliphatic carbocycles. The van der Waals surface area contributed by atoms with Gasteiger partial charge in [0, 0.05) is 13.1 Å². The van der Waals surface area contributed by atoms with E-state index in [2.05, 4.69) is 28.7 Å². The summed E-state index contributed by atoms with van der Waals surface area (Å²) in [6, 6.07) is 4.99. The monoisotopic (exact) mass is 301 g/mol. The average Bonchev–Trinajstić information content (AvgIpc) is 2.52. The first kappa shape index (κ1) is 14.8. The lowest BCUT2D eigenvalue weighted by molar-refractivity contribution is 0.260. The van der Waals surface area contributed by atoms with Crippen LogP contribution in [-0.4, -0.2) is 23.1 Å². The summed E-state index contributed by atoms with van der Waals surface area (Å²) in [5.74, 6) is 1.63. The maximum atomic E-state index is 13.3. The zero-order valence-corrected chi connectivity index (χ0v) is 12.9. The van der Waals surface area contributed by atoms with Crippen molar-refractivity contribution in [3.8, 4) is 5.88 Å². The molecule has 0 N–H and O–H groups in total. The second-order valence-electron chi connectivity index (χ2n) is 6.00. The topological polar surface area (TPSA) is 38.2 Å². The van der Waals surface area contributed by atoms with Gasteiger partial charge in [-0.15, -0.1) is 0 Å². The number of halogens is 1. The first-order valence-corrected chi connectivity index (χ1v) is 7.59. The lowest BCUT2D eigenvalue weighted by Crippen LogP contribution is -2.31. The maximum Gasteiger partial charge on any atom is 0.234 e.